The first kappa shape index (κ1) is 23.0. The van der Waals surface area contributed by atoms with E-state index in [0.29, 0.717) is 5.91 Å². The van der Waals surface area contributed by atoms with E-state index in [-0.39, 0.29) is 24.0 Å². The first-order valence-electron chi connectivity index (χ1n) is 13.5. The second-order valence-corrected chi connectivity index (χ2v) is 11.6. The quantitative estimate of drug-likeness (QED) is 0.691. The zero-order valence-electron chi connectivity index (χ0n) is 21.2. The summed E-state index contributed by atoms with van der Waals surface area (Å²) < 4.78 is 0. The van der Waals surface area contributed by atoms with E-state index >= 15 is 0 Å². The summed E-state index contributed by atoms with van der Waals surface area (Å²) in [7, 11) is 0. The number of fused-ring (bicyclic) bond motifs is 3. The summed E-state index contributed by atoms with van der Waals surface area (Å²) in [5, 5.41) is 10.6. The third kappa shape index (κ3) is 3.95. The highest BCUT2D eigenvalue weighted by atomic mass is 16.3. The third-order valence-electron chi connectivity index (χ3n) is 9.28. The number of likely N-dealkylation sites (tertiary alicyclic amines) is 1. The van der Waals surface area contributed by atoms with E-state index in [1.54, 1.807) is 0 Å². The number of nitrogens with zero attached hydrogens (tertiary/aromatic N) is 2. The molecular formula is C31H38N2O2. The van der Waals surface area contributed by atoms with E-state index in [2.05, 4.69) is 66.1 Å². The second kappa shape index (κ2) is 8.90. The van der Waals surface area contributed by atoms with Crippen LogP contribution in [0.3, 0.4) is 0 Å². The van der Waals surface area contributed by atoms with Gasteiger partial charge in [-0.25, -0.2) is 0 Å². The number of aliphatic hydroxyl groups is 1. The van der Waals surface area contributed by atoms with Crippen LogP contribution in [0, 0.1) is 25.2 Å². The Hall–Kier alpha value is -2.43. The number of carbonyl (C=O) groups is 1. The first-order chi connectivity index (χ1) is 17.0. The van der Waals surface area contributed by atoms with Crippen LogP contribution in [0.2, 0.25) is 0 Å². The van der Waals surface area contributed by atoms with Gasteiger partial charge in [0.15, 0.2) is 0 Å². The second-order valence-electron chi connectivity index (χ2n) is 11.6. The van der Waals surface area contributed by atoms with Gasteiger partial charge < -0.3 is 10.0 Å². The molecule has 4 heteroatoms. The van der Waals surface area contributed by atoms with Gasteiger partial charge in [-0.15, -0.1) is 0 Å². The third-order valence-corrected chi connectivity index (χ3v) is 9.28. The number of benzene rings is 2. The summed E-state index contributed by atoms with van der Waals surface area (Å²) in [6.07, 6.45) is 6.32. The number of aliphatic hydroxyl groups excluding tert-OH is 1. The van der Waals surface area contributed by atoms with Crippen molar-refractivity contribution in [2.45, 2.75) is 65.0 Å². The summed E-state index contributed by atoms with van der Waals surface area (Å²) in [5.74, 6) is 0.667. The van der Waals surface area contributed by atoms with Crippen molar-refractivity contribution in [3.63, 3.8) is 0 Å². The molecule has 2 fully saturated rings. The molecule has 1 amide bonds. The predicted molar refractivity (Wildman–Crippen MR) is 140 cm³/mol. The van der Waals surface area contributed by atoms with Gasteiger partial charge in [0.2, 0.25) is 5.91 Å². The molecule has 184 valence electrons. The highest BCUT2D eigenvalue weighted by molar-refractivity contribution is 5.83. The van der Waals surface area contributed by atoms with Crippen molar-refractivity contribution in [3.8, 4) is 0 Å². The molecule has 6 rings (SSSR count). The molecule has 0 unspecified atom stereocenters. The molecule has 1 spiro atoms. The average molecular weight is 471 g/mol. The first-order valence-corrected chi connectivity index (χ1v) is 13.5. The maximum absolute atomic E-state index is 13.0. The van der Waals surface area contributed by atoms with Crippen molar-refractivity contribution in [3.05, 3.63) is 75.9 Å². The number of carbonyl (C=O) groups excluding carboxylic acids is 1. The van der Waals surface area contributed by atoms with Crippen LogP contribution >= 0.6 is 0 Å². The van der Waals surface area contributed by atoms with Crippen molar-refractivity contribution in [1.29, 1.82) is 0 Å². The Morgan fingerprint density at radius 3 is 2.40 bits per heavy atom. The smallest absolute Gasteiger partial charge is 0.225 e. The molecule has 2 heterocycles. The Labute approximate surface area is 209 Å². The van der Waals surface area contributed by atoms with Crippen LogP contribution < -0.4 is 0 Å². The highest BCUT2D eigenvalue weighted by Crippen LogP contribution is 2.55. The summed E-state index contributed by atoms with van der Waals surface area (Å²) in [6, 6.07) is 15.8. The van der Waals surface area contributed by atoms with Crippen LogP contribution in [-0.4, -0.2) is 53.1 Å². The van der Waals surface area contributed by atoms with Crippen LogP contribution in [0.5, 0.6) is 0 Å². The zero-order chi connectivity index (χ0) is 24.2. The molecule has 2 aliphatic heterocycles. The molecule has 1 saturated heterocycles. The van der Waals surface area contributed by atoms with Crippen LogP contribution in [-0.2, 0) is 17.8 Å². The lowest BCUT2D eigenvalue weighted by atomic mass is 9.66. The fourth-order valence-electron chi connectivity index (χ4n) is 7.08. The molecule has 1 N–H and O–H groups in total. The maximum atomic E-state index is 13.0. The lowest BCUT2D eigenvalue weighted by Crippen LogP contribution is -2.55. The van der Waals surface area contributed by atoms with E-state index < -0.39 is 0 Å². The molecule has 2 aliphatic carbocycles. The normalized spacial score (nSPS) is 23.9. The topological polar surface area (TPSA) is 43.8 Å². The molecule has 35 heavy (non-hydrogen) atoms. The number of hydrogen-bond donors (Lipinski definition) is 1. The number of amides is 1. The summed E-state index contributed by atoms with van der Waals surface area (Å²) in [6.45, 7) is 7.97. The lowest BCUT2D eigenvalue weighted by Gasteiger charge is -2.52. The maximum Gasteiger partial charge on any atom is 0.225 e. The molecule has 4 nitrogen and oxygen atoms in total. The molecule has 0 radical (unpaired) electrons. The Morgan fingerprint density at radius 1 is 1.03 bits per heavy atom. The van der Waals surface area contributed by atoms with Gasteiger partial charge in [-0.3, -0.25) is 9.69 Å². The van der Waals surface area contributed by atoms with Gasteiger partial charge in [-0.1, -0.05) is 60.0 Å². The van der Waals surface area contributed by atoms with Gasteiger partial charge in [0, 0.05) is 37.5 Å². The Kier molecular flexibility index (Phi) is 5.85. The van der Waals surface area contributed by atoms with Crippen molar-refractivity contribution in [1.82, 2.24) is 9.80 Å². The van der Waals surface area contributed by atoms with E-state index in [4.69, 9.17) is 0 Å². The molecular weight excluding hydrogens is 432 g/mol. The zero-order valence-corrected chi connectivity index (χ0v) is 21.2. The molecule has 0 aromatic heterocycles. The van der Waals surface area contributed by atoms with Gasteiger partial charge in [-0.2, -0.15) is 0 Å². The van der Waals surface area contributed by atoms with Crippen molar-refractivity contribution in [2.24, 2.45) is 11.3 Å². The summed E-state index contributed by atoms with van der Waals surface area (Å²) >= 11 is 0. The fourth-order valence-corrected chi connectivity index (χ4v) is 7.08. The number of aryl methyl sites for hydroxylation is 2. The van der Waals surface area contributed by atoms with Crippen LogP contribution in [0.1, 0.15) is 59.9 Å². The van der Waals surface area contributed by atoms with Crippen LogP contribution in [0.4, 0.5) is 0 Å². The number of rotatable bonds is 4. The monoisotopic (exact) mass is 470 g/mol. The largest absolute Gasteiger partial charge is 0.394 e. The minimum Gasteiger partial charge on any atom is -0.394 e. The molecule has 1 atom stereocenters. The molecule has 4 aliphatic rings. The highest BCUT2D eigenvalue weighted by Gasteiger charge is 2.50. The van der Waals surface area contributed by atoms with E-state index in [1.807, 2.05) is 0 Å². The lowest BCUT2D eigenvalue weighted by molar-refractivity contribution is -0.140. The van der Waals surface area contributed by atoms with Gasteiger partial charge >= 0.3 is 0 Å². The fraction of sp³-hybridized carbons (Fsp3) is 0.516. The molecule has 2 aromatic rings. The minimum atomic E-state index is 0.0442. The van der Waals surface area contributed by atoms with Crippen molar-refractivity contribution in [2.75, 3.05) is 26.2 Å². The minimum absolute atomic E-state index is 0.0442. The van der Waals surface area contributed by atoms with Gasteiger partial charge in [0.05, 0.1) is 12.6 Å². The molecule has 1 saturated carbocycles. The van der Waals surface area contributed by atoms with Crippen molar-refractivity contribution >= 4 is 11.5 Å². The number of hydrogen-bond acceptors (Lipinski definition) is 3. The van der Waals surface area contributed by atoms with Gasteiger partial charge in [-0.05, 0) is 73.8 Å². The Morgan fingerprint density at radius 2 is 1.74 bits per heavy atom. The average Bonchev–Trinajstić information content (AvgIpc) is 3.19. The van der Waals surface area contributed by atoms with Crippen molar-refractivity contribution < 1.29 is 9.90 Å². The van der Waals surface area contributed by atoms with Gasteiger partial charge in [0.25, 0.3) is 0 Å². The predicted octanol–water partition coefficient (Wildman–Crippen LogP) is 4.90. The SMILES string of the molecule is Cc1ccc(CN2CC3(CCN(C(=O)C4CCC4)CC3)C3=C(Cc4cc(C)ccc43)[C@H]2CO)cc1. The van der Waals surface area contributed by atoms with E-state index in [1.165, 1.54) is 45.4 Å². The number of piperidine rings is 1. The van der Waals surface area contributed by atoms with Gasteiger partial charge in [0.1, 0.15) is 0 Å². The van der Waals surface area contributed by atoms with E-state index in [0.717, 1.165) is 58.3 Å². The Balaban J connectivity index is 1.35. The Bertz CT molecular complexity index is 1150. The molecule has 0 bridgehead atoms. The van der Waals surface area contributed by atoms with E-state index in [9.17, 15) is 9.90 Å². The van der Waals surface area contributed by atoms with Crippen LogP contribution in [0.25, 0.3) is 5.57 Å². The summed E-state index contributed by atoms with van der Waals surface area (Å²) in [4.78, 5) is 17.7. The molecule has 2 aromatic carbocycles. The standard InChI is InChI=1S/C31H38N2O2/c1-21-6-9-23(10-7-21)18-33-20-31(12-14-32(15-13-31)30(35)24-4-3-5-24)29-26-11-8-22(2)16-25(26)17-27(29)28(33)19-34/h6-11,16,24,28,34H,3-5,12-15,17-20H2,1-2H3/t28-/m1/s1. The summed E-state index contributed by atoms with van der Waals surface area (Å²) in [5.41, 5.74) is 9.66. The van der Waals surface area contributed by atoms with Crippen LogP contribution in [0.15, 0.2) is 48.0 Å².